The lowest BCUT2D eigenvalue weighted by Crippen LogP contribution is -2.04. The van der Waals surface area contributed by atoms with Crippen molar-refractivity contribution < 1.29 is 0 Å². The molecule has 0 aliphatic carbocycles. The first-order valence-electron chi connectivity index (χ1n) is 20.2. The summed E-state index contributed by atoms with van der Waals surface area (Å²) in [6.45, 7) is 15.6. The second-order valence-electron chi connectivity index (χ2n) is 15.1. The van der Waals surface area contributed by atoms with Crippen LogP contribution in [0.3, 0.4) is 0 Å². The number of fused-ring (bicyclic) bond motifs is 6. The van der Waals surface area contributed by atoms with Gasteiger partial charge in [-0.25, -0.2) is 24.6 Å². The largest absolute Gasteiger partial charge is 0.309 e. The van der Waals surface area contributed by atoms with Crippen molar-refractivity contribution in [2.24, 2.45) is 0 Å². The van der Waals surface area contributed by atoms with E-state index in [-0.39, 0.29) is 0 Å². The van der Waals surface area contributed by atoms with Crippen molar-refractivity contribution in [2.45, 2.75) is 0 Å². The molecule has 0 aliphatic rings. The third-order valence-corrected chi connectivity index (χ3v) is 11.5. The molecule has 0 fully saturated rings. The van der Waals surface area contributed by atoms with E-state index < -0.39 is 0 Å². The van der Waals surface area contributed by atoms with Gasteiger partial charge in [-0.3, -0.25) is 4.98 Å². The summed E-state index contributed by atoms with van der Waals surface area (Å²) < 4.78 is 4.30. The van der Waals surface area contributed by atoms with E-state index in [9.17, 15) is 10.5 Å². The maximum atomic E-state index is 9.91. The monoisotopic (exact) mass is 816 g/mol. The molecule has 0 spiro atoms. The Bertz CT molecular complexity index is 3690. The minimum atomic E-state index is 0.453. The van der Waals surface area contributed by atoms with Gasteiger partial charge in [0, 0.05) is 51.1 Å². The van der Waals surface area contributed by atoms with Crippen molar-refractivity contribution in [1.29, 1.82) is 10.5 Å². The first-order valence-corrected chi connectivity index (χ1v) is 20.2. The molecule has 11 rings (SSSR count). The fourth-order valence-corrected chi connectivity index (χ4v) is 8.65. The minimum Gasteiger partial charge on any atom is -0.309 e. The van der Waals surface area contributed by atoms with Crippen LogP contribution in [0.5, 0.6) is 0 Å². The molecule has 0 N–H and O–H groups in total. The van der Waals surface area contributed by atoms with E-state index in [2.05, 4.69) is 37.0 Å². The Morgan fingerprint density at radius 3 is 1.48 bits per heavy atom. The third kappa shape index (κ3) is 6.08. The average Bonchev–Trinajstić information content (AvgIpc) is 3.87. The van der Waals surface area contributed by atoms with Crippen molar-refractivity contribution in [3.05, 3.63) is 204 Å². The molecular formula is C54H28N10. The average molecular weight is 817 g/mol. The van der Waals surface area contributed by atoms with Gasteiger partial charge in [-0.2, -0.15) is 10.5 Å². The van der Waals surface area contributed by atoms with Crippen LogP contribution in [0, 0.1) is 35.8 Å². The van der Waals surface area contributed by atoms with Gasteiger partial charge in [0.05, 0.1) is 64.2 Å². The molecule has 11 aromatic rings. The molecule has 10 nitrogen and oxygen atoms in total. The molecule has 4 heterocycles. The normalized spacial score (nSPS) is 11.1. The molecule has 0 saturated heterocycles. The summed E-state index contributed by atoms with van der Waals surface area (Å²) in [5.74, 6) is 1.49. The predicted molar refractivity (Wildman–Crippen MR) is 250 cm³/mol. The van der Waals surface area contributed by atoms with Gasteiger partial charge in [-0.1, -0.05) is 72.8 Å². The predicted octanol–water partition coefficient (Wildman–Crippen LogP) is 13.0. The maximum absolute atomic E-state index is 9.91. The van der Waals surface area contributed by atoms with Crippen LogP contribution in [0.4, 0.5) is 11.4 Å². The highest BCUT2D eigenvalue weighted by Gasteiger charge is 2.23. The van der Waals surface area contributed by atoms with E-state index in [0.717, 1.165) is 82.8 Å². The lowest BCUT2D eigenvalue weighted by Gasteiger charge is -2.18. The van der Waals surface area contributed by atoms with E-state index >= 15 is 0 Å². The molecule has 0 unspecified atom stereocenters. The zero-order chi connectivity index (χ0) is 43.3. The summed E-state index contributed by atoms with van der Waals surface area (Å²) in [5.41, 5.74) is 11.0. The molecule has 0 aliphatic heterocycles. The van der Waals surface area contributed by atoms with Crippen LogP contribution in [0.15, 0.2) is 170 Å². The maximum Gasteiger partial charge on any atom is 0.188 e. The number of pyridine rings is 1. The Kier molecular flexibility index (Phi) is 8.77. The number of aromatic nitrogens is 6. The summed E-state index contributed by atoms with van der Waals surface area (Å²) in [6.07, 6.45) is 3.61. The van der Waals surface area contributed by atoms with Crippen molar-refractivity contribution in [2.75, 3.05) is 0 Å². The number of nitriles is 2. The lowest BCUT2D eigenvalue weighted by molar-refractivity contribution is 1.07. The Balaban J connectivity index is 1.24. The van der Waals surface area contributed by atoms with Crippen molar-refractivity contribution in [1.82, 2.24) is 29.1 Å². The van der Waals surface area contributed by atoms with Crippen LogP contribution in [0.25, 0.3) is 110 Å². The van der Waals surface area contributed by atoms with Crippen LogP contribution < -0.4 is 0 Å². The summed E-state index contributed by atoms with van der Waals surface area (Å²) in [5, 5.41) is 23.2. The molecule has 0 radical (unpaired) electrons. The van der Waals surface area contributed by atoms with E-state index in [1.165, 1.54) is 0 Å². The Labute approximate surface area is 366 Å². The highest BCUT2D eigenvalue weighted by atomic mass is 15.0. The topological polar surface area (TPSA) is 118 Å². The Morgan fingerprint density at radius 1 is 0.453 bits per heavy atom. The molecule has 10 heteroatoms. The summed E-state index contributed by atoms with van der Waals surface area (Å²) in [7, 11) is 0. The highest BCUT2D eigenvalue weighted by molar-refractivity contribution is 6.12. The molecule has 0 saturated carbocycles. The smallest absolute Gasteiger partial charge is 0.188 e. The van der Waals surface area contributed by atoms with Gasteiger partial charge < -0.3 is 9.13 Å². The van der Waals surface area contributed by atoms with Crippen LogP contribution in [0.1, 0.15) is 11.1 Å². The molecule has 0 atom stereocenters. The van der Waals surface area contributed by atoms with E-state index in [1.807, 2.05) is 146 Å². The van der Waals surface area contributed by atoms with Crippen LogP contribution in [-0.2, 0) is 0 Å². The fraction of sp³-hybridized carbons (Fsp3) is 0. The summed E-state index contributed by atoms with van der Waals surface area (Å²) in [4.78, 5) is 27.5. The highest BCUT2D eigenvalue weighted by Crippen LogP contribution is 2.43. The van der Waals surface area contributed by atoms with Crippen LogP contribution >= 0.6 is 0 Å². The van der Waals surface area contributed by atoms with Gasteiger partial charge in [0.15, 0.2) is 28.8 Å². The first-order chi connectivity index (χ1) is 31.5. The van der Waals surface area contributed by atoms with Crippen LogP contribution in [0.2, 0.25) is 0 Å². The molecule has 64 heavy (non-hydrogen) atoms. The SMILES string of the molecule is [C-]#[N+]c1ccc2c(c1)c1cc([N+]#[C-])ccc1n2-c1ccncc1-c1cc(-n2c3ccc(C#N)cc3c3cc(C#N)ccc32)ccc1-c1nc(-c2ccccc2)nc(-c2ccccc2)n1. The van der Waals surface area contributed by atoms with Gasteiger partial charge in [0.1, 0.15) is 0 Å². The number of hydrogen-bond donors (Lipinski definition) is 0. The van der Waals surface area contributed by atoms with E-state index in [1.54, 1.807) is 18.3 Å². The minimum absolute atomic E-state index is 0.453. The molecule has 4 aromatic heterocycles. The quantitative estimate of drug-likeness (QED) is 0.154. The molecule has 7 aromatic carbocycles. The van der Waals surface area contributed by atoms with Gasteiger partial charge in [0.2, 0.25) is 0 Å². The third-order valence-electron chi connectivity index (χ3n) is 11.5. The Morgan fingerprint density at radius 2 is 0.953 bits per heavy atom. The molecule has 294 valence electrons. The number of hydrogen-bond acceptors (Lipinski definition) is 6. The van der Waals surface area contributed by atoms with Crippen molar-refractivity contribution in [3.63, 3.8) is 0 Å². The second-order valence-corrected chi connectivity index (χ2v) is 15.1. The van der Waals surface area contributed by atoms with Crippen molar-refractivity contribution in [3.8, 4) is 68.8 Å². The summed E-state index contributed by atoms with van der Waals surface area (Å²) >= 11 is 0. The van der Waals surface area contributed by atoms with E-state index in [0.29, 0.717) is 40.0 Å². The Hall–Kier alpha value is -9.74. The molecular weight excluding hydrogens is 789 g/mol. The van der Waals surface area contributed by atoms with Gasteiger partial charge in [0.25, 0.3) is 0 Å². The second kappa shape index (κ2) is 15.1. The molecule has 0 bridgehead atoms. The fourth-order valence-electron chi connectivity index (χ4n) is 8.65. The van der Waals surface area contributed by atoms with Gasteiger partial charge in [-0.05, 0) is 101 Å². The standard InChI is InChI=1S/C54H28N10/c1-57-37-15-21-49-44(27-37)45-28-38(58-2)16-22-50(45)64(49)51-23-24-59-32-46(51)41-29-39(63-47-19-13-33(30-55)25-42(47)43-26-34(31-56)14-20-48(43)63)17-18-40(41)54-61-52(35-9-5-3-6-10-35)60-53(62-54)36-11-7-4-8-12-36/h3-29,32H. The van der Waals surface area contributed by atoms with Gasteiger partial charge in [-0.15, -0.1) is 0 Å². The number of rotatable bonds is 6. The lowest BCUT2D eigenvalue weighted by atomic mass is 9.97. The first kappa shape index (κ1) is 37.3. The zero-order valence-corrected chi connectivity index (χ0v) is 33.6. The van der Waals surface area contributed by atoms with Gasteiger partial charge >= 0.3 is 0 Å². The van der Waals surface area contributed by atoms with Crippen LogP contribution in [-0.4, -0.2) is 29.1 Å². The summed E-state index contributed by atoms with van der Waals surface area (Å²) in [6, 6.07) is 54.9. The molecule has 0 amide bonds. The van der Waals surface area contributed by atoms with Crippen molar-refractivity contribution >= 4 is 55.0 Å². The van der Waals surface area contributed by atoms with E-state index in [4.69, 9.17) is 33.1 Å². The zero-order valence-electron chi connectivity index (χ0n) is 33.6. The number of nitrogens with zero attached hydrogens (tertiary/aromatic N) is 10. The number of benzene rings is 7.